The van der Waals surface area contributed by atoms with Crippen LogP contribution in [0.5, 0.6) is 0 Å². The van der Waals surface area contributed by atoms with Crippen molar-refractivity contribution < 1.29 is 29.6 Å². The van der Waals surface area contributed by atoms with E-state index in [-0.39, 0.29) is 0 Å². The van der Waals surface area contributed by atoms with Gasteiger partial charge in [-0.15, -0.1) is 0 Å². The monoisotopic (exact) mass is 401 g/mol. The third kappa shape index (κ3) is 9.34. The topological polar surface area (TPSA) is 116 Å². The molecule has 0 aromatic heterocycles. The van der Waals surface area contributed by atoms with E-state index < -0.39 is 36.3 Å². The average Bonchev–Trinajstić information content (AvgIpc) is 2.94. The summed E-state index contributed by atoms with van der Waals surface area (Å²) in [6.45, 7) is 2.66. The minimum absolute atomic E-state index is 0.424. The van der Waals surface area contributed by atoms with Gasteiger partial charge in [0, 0.05) is 6.54 Å². The molecule has 0 aromatic carbocycles. The van der Waals surface area contributed by atoms with Gasteiger partial charge in [-0.25, -0.2) is 4.79 Å². The molecule has 7 nitrogen and oxygen atoms in total. The third-order valence-corrected chi connectivity index (χ3v) is 5.31. The summed E-state index contributed by atoms with van der Waals surface area (Å²) >= 11 is 0. The highest BCUT2D eigenvalue weighted by Crippen LogP contribution is 2.19. The minimum atomic E-state index is -1.71. The van der Waals surface area contributed by atoms with Gasteiger partial charge in [-0.2, -0.15) is 0 Å². The van der Waals surface area contributed by atoms with Gasteiger partial charge >= 0.3 is 5.97 Å². The van der Waals surface area contributed by atoms with Crippen LogP contribution >= 0.6 is 0 Å². The fourth-order valence-electron chi connectivity index (χ4n) is 3.45. The summed E-state index contributed by atoms with van der Waals surface area (Å²) in [6, 6.07) is 0. The fourth-order valence-corrected chi connectivity index (χ4v) is 3.45. The van der Waals surface area contributed by atoms with Gasteiger partial charge in [0.25, 0.3) is 5.91 Å². The van der Waals surface area contributed by atoms with Crippen molar-refractivity contribution in [2.24, 2.45) is 0 Å². The number of hydrogen-bond acceptors (Lipinski definition) is 6. The third-order valence-electron chi connectivity index (χ3n) is 5.31. The molecule has 1 aliphatic heterocycles. The normalized spacial score (nSPS) is 22.9. The highest BCUT2D eigenvalue weighted by atomic mass is 16.6. The molecule has 0 radical (unpaired) electrons. The first kappa shape index (κ1) is 24.9. The van der Waals surface area contributed by atoms with Crippen molar-refractivity contribution in [1.82, 2.24) is 5.32 Å². The van der Waals surface area contributed by atoms with Gasteiger partial charge < -0.3 is 25.4 Å². The summed E-state index contributed by atoms with van der Waals surface area (Å²) in [6.07, 6.45) is 9.73. The molecule has 1 rings (SSSR count). The summed E-state index contributed by atoms with van der Waals surface area (Å²) in [7, 11) is 0. The number of esters is 1. The van der Waals surface area contributed by atoms with Gasteiger partial charge in [-0.1, -0.05) is 84.0 Å². The number of aliphatic hydroxyl groups is 3. The largest absolute Gasteiger partial charge is 0.454 e. The van der Waals surface area contributed by atoms with Gasteiger partial charge in [0.1, 0.15) is 6.10 Å². The maximum atomic E-state index is 11.9. The van der Waals surface area contributed by atoms with Crippen LogP contribution in [0.4, 0.5) is 0 Å². The molecule has 1 amide bonds. The van der Waals surface area contributed by atoms with Crippen LogP contribution < -0.4 is 5.32 Å². The number of carbonyl (C=O) groups is 2. The van der Waals surface area contributed by atoms with E-state index in [1.54, 1.807) is 0 Å². The number of hydrogen-bond donors (Lipinski definition) is 4. The van der Waals surface area contributed by atoms with Crippen molar-refractivity contribution in [3.63, 3.8) is 0 Å². The van der Waals surface area contributed by atoms with E-state index in [0.717, 1.165) is 19.3 Å². The lowest BCUT2D eigenvalue weighted by molar-refractivity contribution is -0.153. The number of amides is 1. The van der Waals surface area contributed by atoms with Crippen molar-refractivity contribution in [2.75, 3.05) is 6.54 Å². The second-order valence-electron chi connectivity index (χ2n) is 7.82. The minimum Gasteiger partial charge on any atom is -0.454 e. The molecule has 1 saturated heterocycles. The number of nitrogens with one attached hydrogen (secondary N) is 1. The van der Waals surface area contributed by atoms with Gasteiger partial charge in [-0.3, -0.25) is 4.79 Å². The Hall–Kier alpha value is -1.18. The molecule has 0 spiro atoms. The zero-order valence-corrected chi connectivity index (χ0v) is 17.3. The first-order valence-corrected chi connectivity index (χ1v) is 11.0. The zero-order chi connectivity index (χ0) is 20.8. The van der Waals surface area contributed by atoms with Crippen LogP contribution in [0.15, 0.2) is 0 Å². The Morgan fingerprint density at radius 1 is 0.929 bits per heavy atom. The molecule has 164 valence electrons. The molecule has 1 aliphatic rings. The lowest BCUT2D eigenvalue weighted by Gasteiger charge is -2.19. The summed E-state index contributed by atoms with van der Waals surface area (Å²) < 4.78 is 4.64. The second kappa shape index (κ2) is 14.8. The van der Waals surface area contributed by atoms with E-state index in [1.807, 2.05) is 0 Å². The lowest BCUT2D eigenvalue weighted by Crippen LogP contribution is -2.47. The number of unbranched alkanes of at least 4 members (excludes halogenated alkanes) is 12. The predicted octanol–water partition coefficient (Wildman–Crippen LogP) is 2.20. The summed E-state index contributed by atoms with van der Waals surface area (Å²) in [5.41, 5.74) is 0. The van der Waals surface area contributed by atoms with E-state index in [9.17, 15) is 24.9 Å². The number of carbonyl (C=O) groups excluding carboxylic acids is 2. The van der Waals surface area contributed by atoms with Crippen LogP contribution in [0.3, 0.4) is 0 Å². The van der Waals surface area contributed by atoms with Crippen molar-refractivity contribution >= 4 is 11.9 Å². The second-order valence-corrected chi connectivity index (χ2v) is 7.82. The number of rotatable bonds is 16. The molecule has 4 N–H and O–H groups in total. The first-order chi connectivity index (χ1) is 13.5. The Labute approximate surface area is 168 Å². The predicted molar refractivity (Wildman–Crippen MR) is 107 cm³/mol. The SMILES string of the molecule is CCCCCCCCCCCCCCCNC(=O)C(O)[C@H]1OC(=O)[C@@H](O)[C@H]1O. The standard InChI is InChI=1S/C21H39NO6/c1-2-3-4-5-6-7-8-9-10-11-12-13-14-15-22-20(26)18(25)19-16(23)17(24)21(27)28-19/h16-19,23-25H,2-15H2,1H3,(H,22,26)/t16-,17+,18?,19+/m1/s1. The van der Waals surface area contributed by atoms with E-state index in [2.05, 4.69) is 17.0 Å². The van der Waals surface area contributed by atoms with Crippen LogP contribution in [0.2, 0.25) is 0 Å². The average molecular weight is 402 g/mol. The smallest absolute Gasteiger partial charge is 0.338 e. The van der Waals surface area contributed by atoms with E-state index in [4.69, 9.17) is 0 Å². The Kier molecular flexibility index (Phi) is 13.1. The van der Waals surface area contributed by atoms with Crippen molar-refractivity contribution in [2.45, 2.75) is 115 Å². The molecule has 0 bridgehead atoms. The van der Waals surface area contributed by atoms with E-state index in [1.165, 1.54) is 64.2 Å². The molecule has 7 heteroatoms. The first-order valence-electron chi connectivity index (χ1n) is 11.0. The molecule has 4 atom stereocenters. The molecule has 0 saturated carbocycles. The fraction of sp³-hybridized carbons (Fsp3) is 0.905. The Balaban J connectivity index is 1.93. The highest BCUT2D eigenvalue weighted by molar-refractivity contribution is 5.84. The van der Waals surface area contributed by atoms with Crippen LogP contribution in [0.1, 0.15) is 90.4 Å². The van der Waals surface area contributed by atoms with Crippen molar-refractivity contribution in [1.29, 1.82) is 0 Å². The van der Waals surface area contributed by atoms with Crippen molar-refractivity contribution in [3.05, 3.63) is 0 Å². The molecule has 28 heavy (non-hydrogen) atoms. The molecule has 0 aliphatic carbocycles. The van der Waals surface area contributed by atoms with Crippen LogP contribution in [-0.2, 0) is 14.3 Å². The quantitative estimate of drug-likeness (QED) is 0.233. The number of cyclic esters (lactones) is 1. The van der Waals surface area contributed by atoms with Crippen LogP contribution in [0.25, 0.3) is 0 Å². The molecule has 1 heterocycles. The molecular weight excluding hydrogens is 362 g/mol. The van der Waals surface area contributed by atoms with Crippen LogP contribution in [0, 0.1) is 0 Å². The lowest BCUT2D eigenvalue weighted by atomic mass is 10.0. The van der Waals surface area contributed by atoms with Gasteiger partial charge in [0.15, 0.2) is 18.3 Å². The van der Waals surface area contributed by atoms with E-state index in [0.29, 0.717) is 6.54 Å². The zero-order valence-electron chi connectivity index (χ0n) is 17.3. The van der Waals surface area contributed by atoms with E-state index >= 15 is 0 Å². The van der Waals surface area contributed by atoms with Crippen LogP contribution in [-0.4, -0.2) is 58.2 Å². The molecular formula is C21H39NO6. The summed E-state index contributed by atoms with van der Waals surface area (Å²) in [4.78, 5) is 23.0. The Bertz CT molecular complexity index is 445. The maximum Gasteiger partial charge on any atom is 0.338 e. The van der Waals surface area contributed by atoms with Gasteiger partial charge in [0.2, 0.25) is 0 Å². The highest BCUT2D eigenvalue weighted by Gasteiger charge is 2.48. The Morgan fingerprint density at radius 2 is 1.39 bits per heavy atom. The molecule has 1 unspecified atom stereocenters. The summed E-state index contributed by atoms with van der Waals surface area (Å²) in [5.74, 6) is -1.73. The maximum absolute atomic E-state index is 11.9. The molecule has 1 fully saturated rings. The summed E-state index contributed by atoms with van der Waals surface area (Å²) in [5, 5.41) is 31.4. The van der Waals surface area contributed by atoms with Gasteiger partial charge in [0.05, 0.1) is 0 Å². The Morgan fingerprint density at radius 3 is 1.82 bits per heavy atom. The number of ether oxygens (including phenoxy) is 1. The van der Waals surface area contributed by atoms with Gasteiger partial charge in [-0.05, 0) is 6.42 Å². The van der Waals surface area contributed by atoms with Crippen molar-refractivity contribution in [3.8, 4) is 0 Å². The molecule has 0 aromatic rings. The number of aliphatic hydroxyl groups excluding tert-OH is 3.